The molecular formula is C21H31NO5. The molecule has 0 spiro atoms. The molecular weight excluding hydrogens is 346 g/mol. The van der Waals surface area contributed by atoms with Crippen LogP contribution in [0.3, 0.4) is 0 Å². The van der Waals surface area contributed by atoms with E-state index in [2.05, 4.69) is 5.32 Å². The van der Waals surface area contributed by atoms with Gasteiger partial charge in [0.2, 0.25) is 0 Å². The zero-order valence-corrected chi connectivity index (χ0v) is 16.4. The maximum atomic E-state index is 11.9. The molecule has 1 aromatic rings. The summed E-state index contributed by atoms with van der Waals surface area (Å²) in [4.78, 5) is 23.6. The summed E-state index contributed by atoms with van der Waals surface area (Å²) in [6.45, 7) is 5.26. The van der Waals surface area contributed by atoms with Gasteiger partial charge < -0.3 is 19.5 Å². The van der Waals surface area contributed by atoms with E-state index in [0.717, 1.165) is 24.2 Å². The van der Waals surface area contributed by atoms with Crippen molar-refractivity contribution in [2.45, 2.75) is 52.4 Å². The van der Waals surface area contributed by atoms with E-state index in [4.69, 9.17) is 14.2 Å². The molecule has 1 aliphatic carbocycles. The first-order valence-corrected chi connectivity index (χ1v) is 9.93. The summed E-state index contributed by atoms with van der Waals surface area (Å²) in [5.74, 6) is 1.32. The largest absolute Gasteiger partial charge is 0.490 e. The van der Waals surface area contributed by atoms with Crippen molar-refractivity contribution in [2.24, 2.45) is 5.92 Å². The van der Waals surface area contributed by atoms with Gasteiger partial charge in [0.15, 0.2) is 18.1 Å². The second-order valence-electron chi connectivity index (χ2n) is 6.76. The Hall–Kier alpha value is -2.24. The molecule has 0 unspecified atom stereocenters. The fourth-order valence-electron chi connectivity index (χ4n) is 3.30. The monoisotopic (exact) mass is 377 g/mol. The van der Waals surface area contributed by atoms with Gasteiger partial charge in [-0.2, -0.15) is 0 Å². The molecule has 1 aliphatic rings. The number of benzene rings is 1. The van der Waals surface area contributed by atoms with Crippen LogP contribution in [0, 0.1) is 5.92 Å². The molecule has 1 fully saturated rings. The van der Waals surface area contributed by atoms with Crippen molar-refractivity contribution in [1.82, 2.24) is 5.32 Å². The maximum Gasteiger partial charge on any atom is 0.306 e. The van der Waals surface area contributed by atoms with Gasteiger partial charge in [-0.15, -0.1) is 0 Å². The second-order valence-corrected chi connectivity index (χ2v) is 6.76. The molecule has 1 aromatic carbocycles. The quantitative estimate of drug-likeness (QED) is 0.599. The zero-order valence-electron chi connectivity index (χ0n) is 16.4. The minimum Gasteiger partial charge on any atom is -0.490 e. The summed E-state index contributed by atoms with van der Waals surface area (Å²) in [5.41, 5.74) is 1.04. The molecule has 1 N–H and O–H groups in total. The fourth-order valence-corrected chi connectivity index (χ4v) is 3.30. The highest BCUT2D eigenvalue weighted by Crippen LogP contribution is 2.29. The van der Waals surface area contributed by atoms with Crippen molar-refractivity contribution < 1.29 is 23.8 Å². The van der Waals surface area contributed by atoms with Gasteiger partial charge in [-0.3, -0.25) is 9.59 Å². The van der Waals surface area contributed by atoms with Crippen LogP contribution in [0.25, 0.3) is 0 Å². The van der Waals surface area contributed by atoms with Gasteiger partial charge in [0.05, 0.1) is 13.2 Å². The van der Waals surface area contributed by atoms with E-state index in [-0.39, 0.29) is 18.5 Å². The summed E-state index contributed by atoms with van der Waals surface area (Å²) in [5, 5.41) is 2.78. The summed E-state index contributed by atoms with van der Waals surface area (Å²) < 4.78 is 16.2. The molecule has 1 saturated carbocycles. The Morgan fingerprint density at radius 3 is 2.48 bits per heavy atom. The number of esters is 1. The van der Waals surface area contributed by atoms with Gasteiger partial charge in [-0.05, 0) is 56.7 Å². The minimum atomic E-state index is -0.273. The summed E-state index contributed by atoms with van der Waals surface area (Å²) in [7, 11) is 0. The van der Waals surface area contributed by atoms with Crippen LogP contribution in [0.5, 0.6) is 11.5 Å². The van der Waals surface area contributed by atoms with Crippen LogP contribution in [0.2, 0.25) is 0 Å². The van der Waals surface area contributed by atoms with E-state index in [9.17, 15) is 9.59 Å². The third-order valence-electron chi connectivity index (χ3n) is 4.64. The molecule has 0 aliphatic heterocycles. The van der Waals surface area contributed by atoms with E-state index in [0.29, 0.717) is 44.3 Å². The Bertz CT molecular complexity index is 611. The molecule has 0 saturated heterocycles. The van der Waals surface area contributed by atoms with E-state index >= 15 is 0 Å². The molecule has 0 aromatic heterocycles. The number of amides is 1. The predicted octanol–water partition coefficient (Wildman–Crippen LogP) is 3.27. The molecule has 0 atom stereocenters. The van der Waals surface area contributed by atoms with Crippen molar-refractivity contribution in [2.75, 3.05) is 26.4 Å². The number of hydrogen-bond acceptors (Lipinski definition) is 5. The third kappa shape index (κ3) is 7.49. The molecule has 2 rings (SSSR count). The summed E-state index contributed by atoms with van der Waals surface area (Å²) in [6.07, 6.45) is 5.65. The lowest BCUT2D eigenvalue weighted by Gasteiger charge is -2.13. The Morgan fingerprint density at radius 2 is 1.78 bits per heavy atom. The van der Waals surface area contributed by atoms with Crippen LogP contribution >= 0.6 is 0 Å². The molecule has 150 valence electrons. The molecule has 0 bridgehead atoms. The number of hydrogen-bond donors (Lipinski definition) is 1. The lowest BCUT2D eigenvalue weighted by atomic mass is 10.1. The van der Waals surface area contributed by atoms with Gasteiger partial charge in [0, 0.05) is 13.0 Å². The highest BCUT2D eigenvalue weighted by Gasteiger charge is 2.19. The smallest absolute Gasteiger partial charge is 0.306 e. The maximum absolute atomic E-state index is 11.9. The first-order valence-electron chi connectivity index (χ1n) is 9.93. The van der Waals surface area contributed by atoms with Crippen molar-refractivity contribution >= 4 is 11.9 Å². The average Bonchev–Trinajstić information content (AvgIpc) is 3.15. The molecule has 1 amide bonds. The lowest BCUT2D eigenvalue weighted by molar-refractivity contribution is -0.149. The van der Waals surface area contributed by atoms with E-state index in [1.54, 1.807) is 0 Å². The number of carbonyl (C=O) groups is 2. The number of ether oxygens (including phenoxy) is 3. The highest BCUT2D eigenvalue weighted by molar-refractivity contribution is 5.80. The van der Waals surface area contributed by atoms with E-state index in [1.807, 2.05) is 32.0 Å². The van der Waals surface area contributed by atoms with Crippen molar-refractivity contribution in [3.8, 4) is 11.5 Å². The van der Waals surface area contributed by atoms with Gasteiger partial charge in [0.25, 0.3) is 5.91 Å². The Balaban J connectivity index is 1.69. The Kier molecular flexibility index (Phi) is 8.95. The normalized spacial score (nSPS) is 14.0. The first kappa shape index (κ1) is 21.1. The van der Waals surface area contributed by atoms with Gasteiger partial charge >= 0.3 is 5.97 Å². The van der Waals surface area contributed by atoms with Gasteiger partial charge in [0.1, 0.15) is 0 Å². The molecule has 27 heavy (non-hydrogen) atoms. The van der Waals surface area contributed by atoms with Crippen LogP contribution in [0.15, 0.2) is 18.2 Å². The van der Waals surface area contributed by atoms with E-state index in [1.165, 1.54) is 12.8 Å². The molecule has 6 nitrogen and oxygen atoms in total. The lowest BCUT2D eigenvalue weighted by Crippen LogP contribution is -2.30. The second kappa shape index (κ2) is 11.5. The van der Waals surface area contributed by atoms with Crippen LogP contribution in [-0.2, 0) is 20.7 Å². The van der Waals surface area contributed by atoms with Crippen LogP contribution < -0.4 is 14.8 Å². The van der Waals surface area contributed by atoms with Crippen molar-refractivity contribution in [3.63, 3.8) is 0 Å². The molecule has 0 radical (unpaired) electrons. The third-order valence-corrected chi connectivity index (χ3v) is 4.64. The van der Waals surface area contributed by atoms with Crippen molar-refractivity contribution in [3.05, 3.63) is 23.8 Å². The number of rotatable bonds is 11. The van der Waals surface area contributed by atoms with Gasteiger partial charge in [-0.25, -0.2) is 0 Å². The number of carbonyl (C=O) groups excluding carboxylic acids is 2. The fraction of sp³-hybridized carbons (Fsp3) is 0.619. The highest BCUT2D eigenvalue weighted by atomic mass is 16.5. The number of nitrogens with one attached hydrogen (secondary N) is 1. The topological polar surface area (TPSA) is 73.9 Å². The molecule has 0 heterocycles. The Labute approximate surface area is 161 Å². The predicted molar refractivity (Wildman–Crippen MR) is 103 cm³/mol. The Morgan fingerprint density at radius 1 is 1.07 bits per heavy atom. The average molecular weight is 377 g/mol. The SMILES string of the molecule is CCOc1ccc(CCNC(=O)COC(=O)CC2CCCC2)cc1OCC. The van der Waals surface area contributed by atoms with Crippen LogP contribution in [-0.4, -0.2) is 38.2 Å². The minimum absolute atomic E-state index is 0.209. The van der Waals surface area contributed by atoms with Crippen LogP contribution in [0.1, 0.15) is 51.5 Å². The summed E-state index contributed by atoms with van der Waals surface area (Å²) in [6, 6.07) is 5.78. The summed E-state index contributed by atoms with van der Waals surface area (Å²) >= 11 is 0. The van der Waals surface area contributed by atoms with E-state index < -0.39 is 0 Å². The van der Waals surface area contributed by atoms with Crippen LogP contribution in [0.4, 0.5) is 0 Å². The van der Waals surface area contributed by atoms with Gasteiger partial charge in [-0.1, -0.05) is 18.9 Å². The zero-order chi connectivity index (χ0) is 19.5. The molecule has 6 heteroatoms. The van der Waals surface area contributed by atoms with Crippen molar-refractivity contribution in [1.29, 1.82) is 0 Å². The first-order chi connectivity index (χ1) is 13.1. The standard InChI is InChI=1S/C21H31NO5/c1-3-25-18-10-9-17(13-19(18)26-4-2)11-12-22-20(23)15-27-21(24)14-16-7-5-6-8-16/h9-10,13,16H,3-8,11-12,14-15H2,1-2H3,(H,22,23).